The van der Waals surface area contributed by atoms with Gasteiger partial charge in [-0.3, -0.25) is 9.36 Å². The molecule has 8 nitrogen and oxygen atoms in total. The minimum absolute atomic E-state index is 0.0105. The van der Waals surface area contributed by atoms with Crippen molar-refractivity contribution in [1.29, 1.82) is 0 Å². The molecule has 0 unspecified atom stereocenters. The molecule has 1 aromatic carbocycles. The van der Waals surface area contributed by atoms with Gasteiger partial charge < -0.3 is 9.32 Å². The number of carbonyl (C=O) groups is 1. The second kappa shape index (κ2) is 8.55. The fraction of sp³-hybridized carbons (Fsp3) is 0.619. The number of fused-ring (bicyclic) bond motifs is 1. The molecule has 9 heteroatoms. The van der Waals surface area contributed by atoms with Crippen LogP contribution in [0.2, 0.25) is 0 Å². The molecule has 4 rings (SSSR count). The average molecular weight is 436 g/mol. The molecule has 0 radical (unpaired) electrons. The summed E-state index contributed by atoms with van der Waals surface area (Å²) >= 11 is 0. The van der Waals surface area contributed by atoms with Crippen LogP contribution in [0.25, 0.3) is 11.1 Å². The first-order chi connectivity index (χ1) is 14.4. The van der Waals surface area contributed by atoms with Gasteiger partial charge in [-0.2, -0.15) is 4.31 Å². The van der Waals surface area contributed by atoms with Crippen molar-refractivity contribution in [3.8, 4) is 0 Å². The van der Waals surface area contributed by atoms with Gasteiger partial charge in [-0.1, -0.05) is 19.3 Å². The number of hydrogen-bond donors (Lipinski definition) is 0. The summed E-state index contributed by atoms with van der Waals surface area (Å²) in [5.74, 6) is -0.565. The molecule has 0 atom stereocenters. The smallest absolute Gasteiger partial charge is 0.408 e. The van der Waals surface area contributed by atoms with Gasteiger partial charge in [0, 0.05) is 45.2 Å². The van der Waals surface area contributed by atoms with Gasteiger partial charge in [-0.05, 0) is 37.8 Å². The quantitative estimate of drug-likeness (QED) is 0.695. The number of carbonyl (C=O) groups excluding carboxylic acids is 1. The van der Waals surface area contributed by atoms with E-state index in [2.05, 4.69) is 0 Å². The Hall–Kier alpha value is -2.13. The van der Waals surface area contributed by atoms with Crippen molar-refractivity contribution in [1.82, 2.24) is 13.8 Å². The standard InChI is InChI=1S/C21H29N3O5S/c1-22(16-7-3-2-4-8-16)20(25)11-14-24-18-10-9-17(15-19(18)29-21(24)26)30(27,28)23-12-5-6-13-23/h9-10,15-16H,2-8,11-14H2,1H3. The van der Waals surface area contributed by atoms with Gasteiger partial charge in [0.2, 0.25) is 15.9 Å². The number of aromatic nitrogens is 1. The Bertz CT molecular complexity index is 1080. The first-order valence-electron chi connectivity index (χ1n) is 10.8. The average Bonchev–Trinajstić information content (AvgIpc) is 3.40. The van der Waals surface area contributed by atoms with Crippen molar-refractivity contribution in [2.45, 2.75) is 68.8 Å². The van der Waals surface area contributed by atoms with Crippen molar-refractivity contribution in [2.24, 2.45) is 0 Å². The van der Waals surface area contributed by atoms with E-state index in [0.29, 0.717) is 18.6 Å². The Morgan fingerprint density at radius 3 is 2.53 bits per heavy atom. The van der Waals surface area contributed by atoms with Crippen molar-refractivity contribution >= 4 is 27.0 Å². The van der Waals surface area contributed by atoms with E-state index in [1.165, 1.54) is 27.4 Å². The molecule has 1 aliphatic carbocycles. The predicted molar refractivity (Wildman–Crippen MR) is 113 cm³/mol. The van der Waals surface area contributed by atoms with Gasteiger partial charge in [0.25, 0.3) is 0 Å². The molecule has 2 heterocycles. The van der Waals surface area contributed by atoms with Crippen LogP contribution < -0.4 is 5.76 Å². The first-order valence-corrected chi connectivity index (χ1v) is 12.2. The molecule has 1 amide bonds. The molecular formula is C21H29N3O5S. The highest BCUT2D eigenvalue weighted by atomic mass is 32.2. The zero-order chi connectivity index (χ0) is 21.3. The first kappa shape index (κ1) is 21.1. The van der Waals surface area contributed by atoms with Crippen molar-refractivity contribution in [3.63, 3.8) is 0 Å². The lowest BCUT2D eigenvalue weighted by atomic mass is 9.94. The Morgan fingerprint density at radius 2 is 1.83 bits per heavy atom. The van der Waals surface area contributed by atoms with E-state index in [1.807, 2.05) is 11.9 Å². The van der Waals surface area contributed by atoms with E-state index in [9.17, 15) is 18.0 Å². The number of rotatable bonds is 6. The van der Waals surface area contributed by atoms with E-state index < -0.39 is 15.8 Å². The van der Waals surface area contributed by atoms with Crippen LogP contribution in [-0.4, -0.2) is 54.3 Å². The molecule has 2 aliphatic rings. The Balaban J connectivity index is 1.50. The number of sulfonamides is 1. The number of hydrogen-bond acceptors (Lipinski definition) is 5. The summed E-state index contributed by atoms with van der Waals surface area (Å²) in [5.41, 5.74) is 0.738. The molecule has 0 spiro atoms. The topological polar surface area (TPSA) is 92.8 Å². The summed E-state index contributed by atoms with van der Waals surface area (Å²) < 4.78 is 33.7. The van der Waals surface area contributed by atoms with E-state index in [-0.39, 0.29) is 35.4 Å². The molecule has 1 saturated carbocycles. The predicted octanol–water partition coefficient (Wildman–Crippen LogP) is 2.56. The van der Waals surface area contributed by atoms with Gasteiger partial charge in [-0.15, -0.1) is 0 Å². The van der Waals surface area contributed by atoms with Crippen LogP contribution in [-0.2, 0) is 21.4 Å². The molecule has 2 fully saturated rings. The number of oxazole rings is 1. The lowest BCUT2D eigenvalue weighted by Crippen LogP contribution is -2.38. The van der Waals surface area contributed by atoms with Crippen LogP contribution in [0.15, 0.2) is 32.3 Å². The third-order valence-electron chi connectivity index (χ3n) is 6.41. The van der Waals surface area contributed by atoms with Crippen LogP contribution in [0.5, 0.6) is 0 Å². The zero-order valence-corrected chi connectivity index (χ0v) is 18.2. The highest BCUT2D eigenvalue weighted by Gasteiger charge is 2.28. The number of nitrogens with zero attached hydrogens (tertiary/aromatic N) is 3. The lowest BCUT2D eigenvalue weighted by molar-refractivity contribution is -0.132. The zero-order valence-electron chi connectivity index (χ0n) is 17.4. The Morgan fingerprint density at radius 1 is 1.13 bits per heavy atom. The van der Waals surface area contributed by atoms with E-state index in [0.717, 1.165) is 38.5 Å². The summed E-state index contributed by atoms with van der Waals surface area (Å²) in [6.07, 6.45) is 7.51. The normalized spacial score (nSPS) is 18.8. The van der Waals surface area contributed by atoms with E-state index in [1.54, 1.807) is 6.07 Å². The summed E-state index contributed by atoms with van der Waals surface area (Å²) in [7, 11) is -1.74. The highest BCUT2D eigenvalue weighted by Crippen LogP contribution is 2.25. The van der Waals surface area contributed by atoms with Gasteiger partial charge in [-0.25, -0.2) is 13.2 Å². The largest absolute Gasteiger partial charge is 0.419 e. The number of benzene rings is 1. The fourth-order valence-corrected chi connectivity index (χ4v) is 6.09. The second-order valence-electron chi connectivity index (χ2n) is 8.31. The molecule has 0 bridgehead atoms. The highest BCUT2D eigenvalue weighted by molar-refractivity contribution is 7.89. The molecule has 1 saturated heterocycles. The SMILES string of the molecule is CN(C(=O)CCn1c(=O)oc2cc(S(=O)(=O)N3CCCC3)ccc21)C1CCCCC1. The molecule has 1 aromatic heterocycles. The number of aryl methyl sites for hydroxylation is 1. The minimum Gasteiger partial charge on any atom is -0.408 e. The fourth-order valence-electron chi connectivity index (χ4n) is 4.55. The Kier molecular flexibility index (Phi) is 6.02. The van der Waals surface area contributed by atoms with E-state index >= 15 is 0 Å². The van der Waals surface area contributed by atoms with Gasteiger partial charge in [0.05, 0.1) is 10.4 Å². The van der Waals surface area contributed by atoms with Gasteiger partial charge in [0.15, 0.2) is 5.58 Å². The number of amides is 1. The molecular weight excluding hydrogens is 406 g/mol. The third-order valence-corrected chi connectivity index (χ3v) is 8.30. The van der Waals surface area contributed by atoms with Gasteiger partial charge >= 0.3 is 5.76 Å². The lowest BCUT2D eigenvalue weighted by Gasteiger charge is -2.31. The van der Waals surface area contributed by atoms with Crippen molar-refractivity contribution in [2.75, 3.05) is 20.1 Å². The van der Waals surface area contributed by atoms with Crippen molar-refractivity contribution < 1.29 is 17.6 Å². The molecule has 2 aromatic rings. The monoisotopic (exact) mass is 435 g/mol. The maximum Gasteiger partial charge on any atom is 0.419 e. The summed E-state index contributed by atoms with van der Waals surface area (Å²) in [4.78, 5) is 26.9. The van der Waals surface area contributed by atoms with Crippen LogP contribution >= 0.6 is 0 Å². The summed E-state index contributed by atoms with van der Waals surface area (Å²) in [6.45, 7) is 1.24. The summed E-state index contributed by atoms with van der Waals surface area (Å²) in [5, 5.41) is 0. The third kappa shape index (κ3) is 4.05. The molecule has 30 heavy (non-hydrogen) atoms. The molecule has 1 aliphatic heterocycles. The maximum absolute atomic E-state index is 12.8. The van der Waals surface area contributed by atoms with Gasteiger partial charge in [0.1, 0.15) is 0 Å². The van der Waals surface area contributed by atoms with E-state index in [4.69, 9.17) is 4.42 Å². The summed E-state index contributed by atoms with van der Waals surface area (Å²) in [6, 6.07) is 4.80. The molecule has 0 N–H and O–H groups in total. The second-order valence-corrected chi connectivity index (χ2v) is 10.2. The van der Waals surface area contributed by atoms with Crippen LogP contribution in [0, 0.1) is 0 Å². The van der Waals surface area contributed by atoms with Crippen LogP contribution in [0.3, 0.4) is 0 Å². The minimum atomic E-state index is -3.58. The maximum atomic E-state index is 12.8. The Labute approximate surface area is 176 Å². The van der Waals surface area contributed by atoms with Crippen LogP contribution in [0.1, 0.15) is 51.4 Å². The van der Waals surface area contributed by atoms with Crippen molar-refractivity contribution in [3.05, 3.63) is 28.7 Å². The van der Waals surface area contributed by atoms with Crippen LogP contribution in [0.4, 0.5) is 0 Å². The molecule has 164 valence electrons.